The molecular weight excluding hydrogens is 299 g/mol. The van der Waals surface area contributed by atoms with Crippen molar-refractivity contribution in [2.24, 2.45) is 0 Å². The van der Waals surface area contributed by atoms with Gasteiger partial charge in [-0.25, -0.2) is 4.39 Å². The molecule has 0 radical (unpaired) electrons. The second-order valence-electron chi connectivity index (χ2n) is 5.75. The molecule has 4 heteroatoms. The second-order valence-corrected chi connectivity index (χ2v) is 11.4. The number of benzene rings is 1. The Hall–Kier alpha value is -0.193. The standard InChI is InChI=1S/C13H20BrFOSi/c1-13(2,3)17(4,5)16-12(15)10-7-6-8-11(14)9-10/h6-9,12H,1-5H3. The van der Waals surface area contributed by atoms with Crippen LogP contribution in [0.2, 0.25) is 18.1 Å². The summed E-state index contributed by atoms with van der Waals surface area (Å²) < 4.78 is 20.7. The predicted molar refractivity (Wildman–Crippen MR) is 76.3 cm³/mol. The summed E-state index contributed by atoms with van der Waals surface area (Å²) in [6.45, 7) is 10.4. The summed E-state index contributed by atoms with van der Waals surface area (Å²) in [6, 6.07) is 7.21. The van der Waals surface area contributed by atoms with Crippen LogP contribution in [0.5, 0.6) is 0 Å². The van der Waals surface area contributed by atoms with Gasteiger partial charge in [0.05, 0.1) is 0 Å². The Morgan fingerprint density at radius 1 is 1.29 bits per heavy atom. The minimum Gasteiger partial charge on any atom is -0.385 e. The average Bonchev–Trinajstić information content (AvgIpc) is 2.15. The van der Waals surface area contributed by atoms with Gasteiger partial charge in [-0.1, -0.05) is 48.8 Å². The Bertz CT molecular complexity index is 387. The fourth-order valence-corrected chi connectivity index (χ4v) is 2.58. The third-order valence-electron chi connectivity index (χ3n) is 3.32. The molecule has 1 nitrogen and oxygen atoms in total. The van der Waals surface area contributed by atoms with Crippen molar-refractivity contribution in [3.8, 4) is 0 Å². The van der Waals surface area contributed by atoms with E-state index in [0.29, 0.717) is 5.56 Å². The van der Waals surface area contributed by atoms with Gasteiger partial charge < -0.3 is 4.43 Å². The highest BCUT2D eigenvalue weighted by molar-refractivity contribution is 9.10. The van der Waals surface area contributed by atoms with Crippen molar-refractivity contribution >= 4 is 24.2 Å². The van der Waals surface area contributed by atoms with Crippen LogP contribution in [0.4, 0.5) is 4.39 Å². The number of halogens is 2. The highest BCUT2D eigenvalue weighted by atomic mass is 79.9. The molecular formula is C13H20BrFOSi. The quantitative estimate of drug-likeness (QED) is 0.674. The van der Waals surface area contributed by atoms with Gasteiger partial charge in [0.25, 0.3) is 0 Å². The summed E-state index contributed by atoms with van der Waals surface area (Å²) in [6.07, 6.45) is -1.34. The van der Waals surface area contributed by atoms with Crippen LogP contribution in [-0.2, 0) is 4.43 Å². The molecule has 0 fully saturated rings. The number of hydrogen-bond acceptors (Lipinski definition) is 1. The molecule has 0 heterocycles. The van der Waals surface area contributed by atoms with Crippen LogP contribution >= 0.6 is 15.9 Å². The lowest BCUT2D eigenvalue weighted by atomic mass is 10.2. The second kappa shape index (κ2) is 5.20. The SMILES string of the molecule is CC(C)(C)[Si](C)(C)OC(F)c1cccc(Br)c1. The molecule has 0 amide bonds. The van der Waals surface area contributed by atoms with E-state index in [1.54, 1.807) is 12.1 Å². The minimum absolute atomic E-state index is 0.0172. The zero-order chi connectivity index (χ0) is 13.3. The van der Waals surface area contributed by atoms with Gasteiger partial charge in [-0.15, -0.1) is 0 Å². The van der Waals surface area contributed by atoms with Crippen molar-refractivity contribution in [2.45, 2.75) is 45.3 Å². The molecule has 1 aromatic rings. The Kier molecular flexibility index (Phi) is 4.55. The first-order valence-electron chi connectivity index (χ1n) is 5.71. The first kappa shape index (κ1) is 14.9. The van der Waals surface area contributed by atoms with Crippen molar-refractivity contribution in [2.75, 3.05) is 0 Å². The molecule has 0 aliphatic rings. The summed E-state index contributed by atoms with van der Waals surface area (Å²) in [5, 5.41) is 0.0172. The fourth-order valence-electron chi connectivity index (χ4n) is 1.15. The maximum atomic E-state index is 14.1. The van der Waals surface area contributed by atoms with Crippen LogP contribution in [-0.4, -0.2) is 8.32 Å². The van der Waals surface area contributed by atoms with Crippen LogP contribution < -0.4 is 0 Å². The first-order chi connectivity index (χ1) is 7.63. The lowest BCUT2D eigenvalue weighted by Crippen LogP contribution is -2.41. The molecule has 0 N–H and O–H groups in total. The molecule has 0 saturated carbocycles. The van der Waals surface area contributed by atoms with Gasteiger partial charge in [-0.2, -0.15) is 0 Å². The largest absolute Gasteiger partial charge is 0.385 e. The average molecular weight is 319 g/mol. The highest BCUT2D eigenvalue weighted by Crippen LogP contribution is 2.40. The lowest BCUT2D eigenvalue weighted by Gasteiger charge is -2.37. The molecule has 1 atom stereocenters. The Morgan fingerprint density at radius 2 is 1.88 bits per heavy atom. The summed E-state index contributed by atoms with van der Waals surface area (Å²) in [5.41, 5.74) is 0.573. The van der Waals surface area contributed by atoms with Crippen molar-refractivity contribution in [1.29, 1.82) is 0 Å². The molecule has 17 heavy (non-hydrogen) atoms. The van der Waals surface area contributed by atoms with Gasteiger partial charge in [-0.3, -0.25) is 0 Å². The number of alkyl halides is 1. The van der Waals surface area contributed by atoms with Gasteiger partial charge in [-0.05, 0) is 30.3 Å². The van der Waals surface area contributed by atoms with Crippen LogP contribution in [0.3, 0.4) is 0 Å². The maximum absolute atomic E-state index is 14.1. The van der Waals surface area contributed by atoms with Gasteiger partial charge >= 0.3 is 0 Å². The molecule has 0 aromatic heterocycles. The monoisotopic (exact) mass is 318 g/mol. The van der Waals surface area contributed by atoms with E-state index in [4.69, 9.17) is 4.43 Å². The van der Waals surface area contributed by atoms with E-state index in [1.165, 1.54) is 0 Å². The zero-order valence-corrected chi connectivity index (χ0v) is 13.6. The van der Waals surface area contributed by atoms with Gasteiger partial charge in [0, 0.05) is 10.0 Å². The Balaban J connectivity index is 2.83. The van der Waals surface area contributed by atoms with E-state index in [9.17, 15) is 4.39 Å². The molecule has 1 unspecified atom stereocenters. The van der Waals surface area contributed by atoms with Crippen molar-refractivity contribution in [3.63, 3.8) is 0 Å². The summed E-state index contributed by atoms with van der Waals surface area (Å²) >= 11 is 3.34. The number of hydrogen-bond donors (Lipinski definition) is 0. The third kappa shape index (κ3) is 3.90. The molecule has 1 aromatic carbocycles. The Labute approximate surface area is 113 Å². The zero-order valence-electron chi connectivity index (χ0n) is 11.1. The Morgan fingerprint density at radius 3 is 2.35 bits per heavy atom. The maximum Gasteiger partial charge on any atom is 0.216 e. The number of rotatable bonds is 3. The van der Waals surface area contributed by atoms with Gasteiger partial charge in [0.2, 0.25) is 6.36 Å². The summed E-state index contributed by atoms with van der Waals surface area (Å²) in [7, 11) is -2.06. The smallest absolute Gasteiger partial charge is 0.216 e. The topological polar surface area (TPSA) is 9.23 Å². The van der Waals surface area contributed by atoms with Crippen LogP contribution in [0.1, 0.15) is 32.7 Å². The summed E-state index contributed by atoms with van der Waals surface area (Å²) in [4.78, 5) is 0. The molecule has 0 aliphatic heterocycles. The normalized spacial score (nSPS) is 14.8. The van der Waals surface area contributed by atoms with E-state index >= 15 is 0 Å². The third-order valence-corrected chi connectivity index (χ3v) is 8.22. The lowest BCUT2D eigenvalue weighted by molar-refractivity contribution is 0.0524. The summed E-state index contributed by atoms with van der Waals surface area (Å²) in [5.74, 6) is 0. The van der Waals surface area contributed by atoms with E-state index in [1.807, 2.05) is 12.1 Å². The van der Waals surface area contributed by atoms with Gasteiger partial charge in [0.1, 0.15) is 0 Å². The van der Waals surface area contributed by atoms with E-state index in [0.717, 1.165) is 4.47 Å². The molecule has 0 aliphatic carbocycles. The van der Waals surface area contributed by atoms with Crippen molar-refractivity contribution in [1.82, 2.24) is 0 Å². The minimum atomic E-state index is -2.06. The van der Waals surface area contributed by atoms with Crippen molar-refractivity contribution in [3.05, 3.63) is 34.3 Å². The predicted octanol–water partition coefficient (Wildman–Crippen LogP) is 5.44. The van der Waals surface area contributed by atoms with Crippen LogP contribution in [0.15, 0.2) is 28.7 Å². The van der Waals surface area contributed by atoms with Crippen LogP contribution in [0.25, 0.3) is 0 Å². The first-order valence-corrected chi connectivity index (χ1v) is 9.41. The van der Waals surface area contributed by atoms with Gasteiger partial charge in [0.15, 0.2) is 8.32 Å². The van der Waals surface area contributed by atoms with Crippen LogP contribution in [0, 0.1) is 0 Å². The van der Waals surface area contributed by atoms with E-state index in [2.05, 4.69) is 49.8 Å². The fraction of sp³-hybridized carbons (Fsp3) is 0.538. The molecule has 1 rings (SSSR count). The van der Waals surface area contributed by atoms with E-state index < -0.39 is 14.7 Å². The molecule has 0 bridgehead atoms. The molecule has 96 valence electrons. The highest BCUT2D eigenvalue weighted by Gasteiger charge is 2.39. The molecule has 0 saturated heterocycles. The van der Waals surface area contributed by atoms with E-state index in [-0.39, 0.29) is 5.04 Å². The molecule has 0 spiro atoms. The van der Waals surface area contributed by atoms with Crippen molar-refractivity contribution < 1.29 is 8.82 Å².